The summed E-state index contributed by atoms with van der Waals surface area (Å²) in [6.07, 6.45) is 5.45. The number of nitrogens with zero attached hydrogens (tertiary/aromatic N) is 2. The van der Waals surface area contributed by atoms with Crippen LogP contribution in [0.4, 0.5) is 10.6 Å². The summed E-state index contributed by atoms with van der Waals surface area (Å²) >= 11 is 6.57. The van der Waals surface area contributed by atoms with E-state index < -0.39 is 0 Å². The molecular weight excluding hydrogens is 448 g/mol. The molecule has 0 spiro atoms. The maximum Gasteiger partial charge on any atom is 0.320 e. The van der Waals surface area contributed by atoms with Gasteiger partial charge in [0, 0.05) is 17.3 Å². The van der Waals surface area contributed by atoms with Gasteiger partial charge in [-0.2, -0.15) is 0 Å². The predicted octanol–water partition coefficient (Wildman–Crippen LogP) is 6.78. The van der Waals surface area contributed by atoms with E-state index in [0.717, 1.165) is 48.1 Å². The molecule has 0 aliphatic heterocycles. The number of rotatable bonds is 5. The molecule has 3 aromatic rings. The summed E-state index contributed by atoms with van der Waals surface area (Å²) in [5.74, 6) is 0.892. The maximum atomic E-state index is 12.7. The van der Waals surface area contributed by atoms with Crippen LogP contribution in [0, 0.1) is 13.8 Å². The summed E-state index contributed by atoms with van der Waals surface area (Å²) in [5, 5.41) is 16.7. The van der Waals surface area contributed by atoms with E-state index in [-0.39, 0.29) is 18.7 Å². The smallest absolute Gasteiger partial charge is 0.320 e. The van der Waals surface area contributed by atoms with Crippen molar-refractivity contribution in [2.45, 2.75) is 72.4 Å². The van der Waals surface area contributed by atoms with Crippen molar-refractivity contribution in [1.82, 2.24) is 14.9 Å². The number of urea groups is 1. The lowest BCUT2D eigenvalue weighted by Crippen LogP contribution is -2.39. The molecule has 7 heteroatoms. The monoisotopic (exact) mass is 482 g/mol. The van der Waals surface area contributed by atoms with Crippen molar-refractivity contribution >= 4 is 23.4 Å². The summed E-state index contributed by atoms with van der Waals surface area (Å²) in [6, 6.07) is 13.6. The number of halogens is 1. The molecule has 0 unspecified atom stereocenters. The second kappa shape index (κ2) is 12.0. The average molecular weight is 483 g/mol. The molecule has 182 valence electrons. The molecule has 0 bridgehead atoms. The Kier molecular flexibility index (Phi) is 9.13. The molecule has 2 aromatic carbocycles. The number of carbonyl (C=O) groups is 1. The first-order chi connectivity index (χ1) is 16.5. The summed E-state index contributed by atoms with van der Waals surface area (Å²) in [5.41, 5.74) is 4.23. The Morgan fingerprint density at radius 3 is 2.32 bits per heavy atom. The normalized spacial score (nSPS) is 13.7. The number of imidazole rings is 1. The quantitative estimate of drug-likeness (QED) is 0.375. The first-order valence-electron chi connectivity index (χ1n) is 12.1. The topological polar surface area (TPSA) is 79.2 Å². The van der Waals surface area contributed by atoms with Gasteiger partial charge in [0.2, 0.25) is 0 Å². The molecule has 1 fully saturated rings. The van der Waals surface area contributed by atoms with Gasteiger partial charge in [-0.05, 0) is 56.5 Å². The molecule has 1 aliphatic rings. The molecule has 0 saturated heterocycles. The van der Waals surface area contributed by atoms with Gasteiger partial charge in [-0.1, -0.05) is 68.5 Å². The number of hydrogen-bond donors (Lipinski definition) is 3. The summed E-state index contributed by atoms with van der Waals surface area (Å²) in [6.45, 7) is 7.71. The van der Waals surface area contributed by atoms with Gasteiger partial charge in [0.15, 0.2) is 5.82 Å². The van der Waals surface area contributed by atoms with Crippen LogP contribution in [0.15, 0.2) is 42.5 Å². The van der Waals surface area contributed by atoms with Gasteiger partial charge in [-0.3, -0.25) is 9.88 Å². The van der Waals surface area contributed by atoms with Crippen LogP contribution in [-0.2, 0) is 6.61 Å². The van der Waals surface area contributed by atoms with Gasteiger partial charge >= 0.3 is 6.03 Å². The summed E-state index contributed by atoms with van der Waals surface area (Å²) in [4.78, 5) is 17.4. The van der Waals surface area contributed by atoms with E-state index in [2.05, 4.69) is 10.6 Å². The number of amides is 2. The molecule has 1 heterocycles. The lowest BCUT2D eigenvalue weighted by Gasteiger charge is -2.22. The minimum absolute atomic E-state index is 0.173. The Hall–Kier alpha value is -2.83. The van der Waals surface area contributed by atoms with E-state index in [4.69, 9.17) is 16.6 Å². The van der Waals surface area contributed by atoms with Gasteiger partial charge in [-0.25, -0.2) is 9.78 Å². The van der Waals surface area contributed by atoms with Crippen molar-refractivity contribution in [2.75, 3.05) is 5.32 Å². The third kappa shape index (κ3) is 5.99. The fourth-order valence-corrected chi connectivity index (χ4v) is 4.55. The molecule has 4 rings (SSSR count). The fourth-order valence-electron chi connectivity index (χ4n) is 4.23. The minimum atomic E-state index is -0.304. The van der Waals surface area contributed by atoms with Gasteiger partial charge in [0.05, 0.1) is 17.3 Å². The number of anilines is 1. The van der Waals surface area contributed by atoms with Crippen LogP contribution in [0.2, 0.25) is 5.02 Å². The lowest BCUT2D eigenvalue weighted by molar-refractivity contribution is 0.244. The summed E-state index contributed by atoms with van der Waals surface area (Å²) in [7, 11) is 0. The molecular formula is C27H35ClN4O2. The molecule has 2 amide bonds. The third-order valence-electron chi connectivity index (χ3n) is 5.95. The predicted molar refractivity (Wildman–Crippen MR) is 140 cm³/mol. The number of nitrogens with one attached hydrogen (secondary N) is 2. The largest absolute Gasteiger partial charge is 0.390 e. The Labute approximate surface area is 207 Å². The molecule has 0 radical (unpaired) electrons. The van der Waals surface area contributed by atoms with Crippen molar-refractivity contribution in [3.8, 4) is 17.1 Å². The zero-order chi connectivity index (χ0) is 24.7. The first kappa shape index (κ1) is 25.8. The van der Waals surface area contributed by atoms with E-state index in [1.807, 2.05) is 74.7 Å². The third-order valence-corrected chi connectivity index (χ3v) is 6.27. The van der Waals surface area contributed by atoms with Gasteiger partial charge < -0.3 is 10.4 Å². The SMILES string of the molecule is CC.Cc1ccc(-n2c(-c3ccc(C)cc3Cl)nc(NC(=O)NC3CCCCC3)c2CO)cc1. The Morgan fingerprint density at radius 1 is 1.06 bits per heavy atom. The van der Waals surface area contributed by atoms with E-state index in [0.29, 0.717) is 22.4 Å². The Bertz CT molecular complexity index is 1100. The highest BCUT2D eigenvalue weighted by molar-refractivity contribution is 6.33. The molecule has 1 saturated carbocycles. The van der Waals surface area contributed by atoms with E-state index in [1.54, 1.807) is 0 Å². The van der Waals surface area contributed by atoms with Gasteiger partial charge in [0.1, 0.15) is 5.82 Å². The molecule has 6 nitrogen and oxygen atoms in total. The van der Waals surface area contributed by atoms with E-state index >= 15 is 0 Å². The number of aliphatic hydroxyl groups excluding tert-OH is 1. The van der Waals surface area contributed by atoms with Crippen molar-refractivity contribution in [3.63, 3.8) is 0 Å². The second-order valence-corrected chi connectivity index (χ2v) is 8.88. The highest BCUT2D eigenvalue weighted by Gasteiger charge is 2.23. The average Bonchev–Trinajstić information content (AvgIpc) is 3.19. The molecule has 3 N–H and O–H groups in total. The van der Waals surface area contributed by atoms with Crippen molar-refractivity contribution in [1.29, 1.82) is 0 Å². The van der Waals surface area contributed by atoms with Crippen molar-refractivity contribution in [3.05, 3.63) is 64.3 Å². The van der Waals surface area contributed by atoms with E-state index in [1.165, 1.54) is 6.42 Å². The highest BCUT2D eigenvalue weighted by atomic mass is 35.5. The van der Waals surface area contributed by atoms with Crippen molar-refractivity contribution in [2.24, 2.45) is 0 Å². The van der Waals surface area contributed by atoms with Crippen LogP contribution in [-0.4, -0.2) is 26.7 Å². The molecule has 1 aromatic heterocycles. The zero-order valence-corrected chi connectivity index (χ0v) is 21.2. The second-order valence-electron chi connectivity index (χ2n) is 8.48. The fraction of sp³-hybridized carbons (Fsp3) is 0.407. The lowest BCUT2D eigenvalue weighted by atomic mass is 9.96. The van der Waals surface area contributed by atoms with Gasteiger partial charge in [0.25, 0.3) is 0 Å². The van der Waals surface area contributed by atoms with E-state index in [9.17, 15) is 9.90 Å². The Balaban J connectivity index is 0.00000158. The minimum Gasteiger partial charge on any atom is -0.390 e. The molecule has 0 atom stereocenters. The number of aryl methyl sites for hydroxylation is 2. The van der Waals surface area contributed by atoms with Crippen LogP contribution in [0.5, 0.6) is 0 Å². The highest BCUT2D eigenvalue weighted by Crippen LogP contribution is 2.34. The van der Waals surface area contributed by atoms with Crippen LogP contribution < -0.4 is 10.6 Å². The maximum absolute atomic E-state index is 12.7. The van der Waals surface area contributed by atoms with Crippen LogP contribution in [0.1, 0.15) is 62.8 Å². The first-order valence-corrected chi connectivity index (χ1v) is 12.5. The number of carbonyl (C=O) groups excluding carboxylic acids is 1. The Morgan fingerprint density at radius 2 is 1.71 bits per heavy atom. The number of aromatic nitrogens is 2. The number of aliphatic hydroxyl groups is 1. The van der Waals surface area contributed by atoms with Crippen LogP contribution >= 0.6 is 11.6 Å². The number of hydrogen-bond acceptors (Lipinski definition) is 3. The molecule has 1 aliphatic carbocycles. The molecule has 34 heavy (non-hydrogen) atoms. The van der Waals surface area contributed by atoms with Crippen molar-refractivity contribution < 1.29 is 9.90 Å². The van der Waals surface area contributed by atoms with Crippen LogP contribution in [0.25, 0.3) is 17.1 Å². The van der Waals surface area contributed by atoms with Crippen LogP contribution in [0.3, 0.4) is 0 Å². The standard InChI is InChI=1S/C25H29ClN4O2.C2H6/c1-16-8-11-19(12-9-16)30-22(15-31)23(29-25(32)27-18-6-4-3-5-7-18)28-24(30)20-13-10-17(2)14-21(20)26;1-2/h8-14,18,31H,3-7,15H2,1-2H3,(H2,27,29,32);1-2H3. The van der Waals surface area contributed by atoms with Gasteiger partial charge in [-0.15, -0.1) is 0 Å². The number of benzene rings is 2. The summed E-state index contributed by atoms with van der Waals surface area (Å²) < 4.78 is 1.85. The zero-order valence-electron chi connectivity index (χ0n) is 20.5.